The molecule has 0 bridgehead atoms. The Balaban J connectivity index is 1.84. The zero-order valence-electron chi connectivity index (χ0n) is 12.0. The van der Waals surface area contributed by atoms with E-state index >= 15 is 0 Å². The van der Waals surface area contributed by atoms with E-state index in [-0.39, 0.29) is 0 Å². The maximum Gasteiger partial charge on any atom is 0.0598 e. The van der Waals surface area contributed by atoms with E-state index in [0.717, 1.165) is 19.6 Å². The molecule has 0 atom stereocenters. The van der Waals surface area contributed by atoms with Crippen LogP contribution in [-0.4, -0.2) is 30.6 Å². The average Bonchev–Trinajstić information content (AvgIpc) is 2.42. The van der Waals surface area contributed by atoms with Crippen molar-refractivity contribution in [1.29, 1.82) is 0 Å². The molecule has 0 radical (unpaired) electrons. The standard InChI is InChI=1S/C17H24N2/c1-4-11-19-12-9-17(10-13-19)18-16-7-5-15(6-8-16)14(2)3/h1,5-8,14,17-18H,9-13H2,2-3H3. The Morgan fingerprint density at radius 3 is 2.42 bits per heavy atom. The molecule has 2 nitrogen and oxygen atoms in total. The molecule has 1 saturated heterocycles. The molecule has 1 aromatic rings. The molecule has 1 heterocycles. The number of hydrogen-bond acceptors (Lipinski definition) is 2. The molecule has 0 saturated carbocycles. The third-order valence-electron chi connectivity index (χ3n) is 3.85. The third-order valence-corrected chi connectivity index (χ3v) is 3.85. The Morgan fingerprint density at radius 1 is 1.26 bits per heavy atom. The maximum absolute atomic E-state index is 5.35. The monoisotopic (exact) mass is 256 g/mol. The summed E-state index contributed by atoms with van der Waals surface area (Å²) in [5, 5.41) is 3.63. The van der Waals surface area contributed by atoms with Crippen molar-refractivity contribution >= 4 is 5.69 Å². The van der Waals surface area contributed by atoms with Gasteiger partial charge in [0.2, 0.25) is 0 Å². The SMILES string of the molecule is C#CCN1CCC(Nc2ccc(C(C)C)cc2)CC1. The quantitative estimate of drug-likeness (QED) is 0.831. The summed E-state index contributed by atoms with van der Waals surface area (Å²) in [7, 11) is 0. The minimum Gasteiger partial charge on any atom is -0.382 e. The Hall–Kier alpha value is -1.46. The summed E-state index contributed by atoms with van der Waals surface area (Å²) in [6.07, 6.45) is 7.70. The van der Waals surface area contributed by atoms with E-state index in [1.807, 2.05) is 0 Å². The molecule has 1 aliphatic rings. The number of nitrogens with one attached hydrogen (secondary N) is 1. The van der Waals surface area contributed by atoms with Crippen LogP contribution in [0.2, 0.25) is 0 Å². The predicted octanol–water partition coefficient (Wildman–Crippen LogP) is 3.32. The first-order valence-corrected chi connectivity index (χ1v) is 7.21. The summed E-state index contributed by atoms with van der Waals surface area (Å²) in [6, 6.07) is 9.42. The lowest BCUT2D eigenvalue weighted by Crippen LogP contribution is -2.39. The molecule has 0 unspecified atom stereocenters. The molecular weight excluding hydrogens is 232 g/mol. The highest BCUT2D eigenvalue weighted by molar-refractivity contribution is 5.46. The zero-order valence-corrected chi connectivity index (χ0v) is 12.0. The molecule has 0 spiro atoms. The number of hydrogen-bond donors (Lipinski definition) is 1. The second-order valence-corrected chi connectivity index (χ2v) is 5.68. The molecule has 1 aromatic carbocycles. The van der Waals surface area contributed by atoms with E-state index in [1.54, 1.807) is 0 Å². The first-order chi connectivity index (χ1) is 9.19. The topological polar surface area (TPSA) is 15.3 Å². The number of likely N-dealkylation sites (tertiary alicyclic amines) is 1. The van der Waals surface area contributed by atoms with Gasteiger partial charge in [0.25, 0.3) is 0 Å². The molecule has 0 aromatic heterocycles. The number of rotatable bonds is 4. The van der Waals surface area contributed by atoms with Gasteiger partial charge in [-0.25, -0.2) is 0 Å². The van der Waals surface area contributed by atoms with Crippen molar-refractivity contribution in [2.24, 2.45) is 0 Å². The number of anilines is 1. The lowest BCUT2D eigenvalue weighted by atomic mass is 10.0. The van der Waals surface area contributed by atoms with Gasteiger partial charge in [-0.15, -0.1) is 6.42 Å². The largest absolute Gasteiger partial charge is 0.382 e. The van der Waals surface area contributed by atoms with Crippen molar-refractivity contribution in [2.45, 2.75) is 38.6 Å². The van der Waals surface area contributed by atoms with Gasteiger partial charge in [-0.3, -0.25) is 4.90 Å². The second kappa shape index (κ2) is 6.63. The molecule has 0 amide bonds. The highest BCUT2D eigenvalue weighted by atomic mass is 15.1. The maximum atomic E-state index is 5.35. The van der Waals surface area contributed by atoms with Crippen molar-refractivity contribution in [2.75, 3.05) is 25.0 Å². The molecule has 19 heavy (non-hydrogen) atoms. The van der Waals surface area contributed by atoms with Crippen LogP contribution >= 0.6 is 0 Å². The molecule has 1 N–H and O–H groups in total. The first kappa shape index (κ1) is 14.0. The van der Waals surface area contributed by atoms with Crippen molar-refractivity contribution < 1.29 is 0 Å². The Morgan fingerprint density at radius 2 is 1.89 bits per heavy atom. The average molecular weight is 256 g/mol. The van der Waals surface area contributed by atoms with Crippen LogP contribution in [0.4, 0.5) is 5.69 Å². The van der Waals surface area contributed by atoms with Gasteiger partial charge in [-0.2, -0.15) is 0 Å². The van der Waals surface area contributed by atoms with Crippen molar-refractivity contribution in [3.05, 3.63) is 29.8 Å². The van der Waals surface area contributed by atoms with Crippen LogP contribution in [-0.2, 0) is 0 Å². The summed E-state index contributed by atoms with van der Waals surface area (Å²) in [6.45, 7) is 7.45. The van der Waals surface area contributed by atoms with E-state index in [2.05, 4.69) is 54.3 Å². The number of benzene rings is 1. The molecule has 0 aliphatic carbocycles. The van der Waals surface area contributed by atoms with Gasteiger partial charge in [0.15, 0.2) is 0 Å². The van der Waals surface area contributed by atoms with E-state index in [4.69, 9.17) is 6.42 Å². The third kappa shape index (κ3) is 4.01. The van der Waals surface area contributed by atoms with E-state index in [1.165, 1.54) is 24.1 Å². The van der Waals surface area contributed by atoms with Gasteiger partial charge >= 0.3 is 0 Å². The second-order valence-electron chi connectivity index (χ2n) is 5.68. The van der Waals surface area contributed by atoms with Crippen LogP contribution < -0.4 is 5.32 Å². The fourth-order valence-corrected chi connectivity index (χ4v) is 2.56. The minimum atomic E-state index is 0.582. The highest BCUT2D eigenvalue weighted by Gasteiger charge is 2.18. The molecule has 1 fully saturated rings. The Bertz CT molecular complexity index is 420. The summed E-state index contributed by atoms with van der Waals surface area (Å²) in [5.41, 5.74) is 2.63. The van der Waals surface area contributed by atoms with Crippen LogP contribution in [0.5, 0.6) is 0 Å². The van der Waals surface area contributed by atoms with Gasteiger partial charge in [-0.1, -0.05) is 31.9 Å². The van der Waals surface area contributed by atoms with Crippen LogP contribution in [0.3, 0.4) is 0 Å². The van der Waals surface area contributed by atoms with Gasteiger partial charge in [-0.05, 0) is 36.5 Å². The fraction of sp³-hybridized carbons (Fsp3) is 0.529. The number of terminal acetylenes is 1. The Kier molecular flexibility index (Phi) is 4.87. The van der Waals surface area contributed by atoms with Crippen molar-refractivity contribution in [3.8, 4) is 12.3 Å². The van der Waals surface area contributed by atoms with Crippen molar-refractivity contribution in [3.63, 3.8) is 0 Å². The normalized spacial score (nSPS) is 17.4. The highest BCUT2D eigenvalue weighted by Crippen LogP contribution is 2.20. The lowest BCUT2D eigenvalue weighted by Gasteiger charge is -2.31. The van der Waals surface area contributed by atoms with Crippen LogP contribution in [0.1, 0.15) is 38.2 Å². The van der Waals surface area contributed by atoms with Crippen LogP contribution in [0.25, 0.3) is 0 Å². The predicted molar refractivity (Wildman–Crippen MR) is 82.4 cm³/mol. The van der Waals surface area contributed by atoms with Crippen molar-refractivity contribution in [1.82, 2.24) is 4.90 Å². The smallest absolute Gasteiger partial charge is 0.0598 e. The lowest BCUT2D eigenvalue weighted by molar-refractivity contribution is 0.243. The van der Waals surface area contributed by atoms with E-state index < -0.39 is 0 Å². The molecule has 2 rings (SSSR count). The molecule has 2 heteroatoms. The van der Waals surface area contributed by atoms with Crippen LogP contribution in [0.15, 0.2) is 24.3 Å². The molecular formula is C17H24N2. The van der Waals surface area contributed by atoms with Gasteiger partial charge in [0, 0.05) is 24.8 Å². The number of piperidine rings is 1. The van der Waals surface area contributed by atoms with Gasteiger partial charge in [0.1, 0.15) is 0 Å². The van der Waals surface area contributed by atoms with Gasteiger partial charge < -0.3 is 5.32 Å². The van der Waals surface area contributed by atoms with E-state index in [9.17, 15) is 0 Å². The minimum absolute atomic E-state index is 0.582. The van der Waals surface area contributed by atoms with Gasteiger partial charge in [0.05, 0.1) is 6.54 Å². The fourth-order valence-electron chi connectivity index (χ4n) is 2.56. The number of nitrogens with zero attached hydrogens (tertiary/aromatic N) is 1. The summed E-state index contributed by atoms with van der Waals surface area (Å²) in [5.74, 6) is 3.32. The first-order valence-electron chi connectivity index (χ1n) is 7.21. The molecule has 102 valence electrons. The van der Waals surface area contributed by atoms with E-state index in [0.29, 0.717) is 12.0 Å². The summed E-state index contributed by atoms with van der Waals surface area (Å²) >= 11 is 0. The Labute approximate surface area is 117 Å². The molecule has 1 aliphatic heterocycles. The summed E-state index contributed by atoms with van der Waals surface area (Å²) in [4.78, 5) is 2.35. The van der Waals surface area contributed by atoms with Crippen LogP contribution in [0, 0.1) is 12.3 Å². The summed E-state index contributed by atoms with van der Waals surface area (Å²) < 4.78 is 0. The zero-order chi connectivity index (χ0) is 13.7.